The Morgan fingerprint density at radius 2 is 1.67 bits per heavy atom. The van der Waals surface area contributed by atoms with E-state index in [-0.39, 0.29) is 24.1 Å². The summed E-state index contributed by atoms with van der Waals surface area (Å²) in [5, 5.41) is 17.5. The van der Waals surface area contributed by atoms with Crippen LogP contribution < -0.4 is 4.72 Å². The molecule has 0 spiro atoms. The van der Waals surface area contributed by atoms with Gasteiger partial charge in [-0.25, -0.2) is 17.6 Å². The van der Waals surface area contributed by atoms with Crippen LogP contribution in [0.4, 0.5) is 10.1 Å². The fraction of sp³-hybridized carbons (Fsp3) is 0.118. The van der Waals surface area contributed by atoms with Gasteiger partial charge in [-0.15, -0.1) is 0 Å². The Morgan fingerprint density at radius 3 is 2.30 bits per heavy atom. The van der Waals surface area contributed by atoms with Crippen LogP contribution in [0.2, 0.25) is 0 Å². The van der Waals surface area contributed by atoms with Crippen LogP contribution in [0.25, 0.3) is 0 Å². The molecule has 2 aromatic rings. The van der Waals surface area contributed by atoms with Crippen LogP contribution in [0.3, 0.4) is 0 Å². The third-order valence-electron chi connectivity index (χ3n) is 3.43. The average molecular weight is 395 g/mol. The molecule has 0 saturated heterocycles. The second kappa shape index (κ2) is 7.96. The molecule has 0 unspecified atom stereocenters. The Kier molecular flexibility index (Phi) is 5.91. The molecule has 0 fully saturated rings. The molecule has 2 rings (SSSR count). The van der Waals surface area contributed by atoms with Gasteiger partial charge in [-0.05, 0) is 30.3 Å². The van der Waals surface area contributed by atoms with Crippen LogP contribution in [-0.4, -0.2) is 36.4 Å². The molecule has 0 bridgehead atoms. The average Bonchev–Trinajstić information content (AvgIpc) is 2.58. The molecule has 0 heterocycles. The van der Waals surface area contributed by atoms with Crippen molar-refractivity contribution in [3.05, 3.63) is 59.4 Å². The molecule has 2 aromatic carbocycles. The van der Waals surface area contributed by atoms with E-state index in [1.807, 2.05) is 0 Å². The predicted molar refractivity (Wildman–Crippen MR) is 91.8 cm³/mol. The van der Waals surface area contributed by atoms with E-state index >= 15 is 0 Å². The zero-order chi connectivity index (χ0) is 20.2. The van der Waals surface area contributed by atoms with Crippen molar-refractivity contribution >= 4 is 33.4 Å². The second-order valence-electron chi connectivity index (χ2n) is 5.48. The van der Waals surface area contributed by atoms with Gasteiger partial charge in [0.2, 0.25) is 0 Å². The van der Waals surface area contributed by atoms with E-state index in [1.54, 1.807) is 0 Å². The first-order valence-corrected chi connectivity index (χ1v) is 8.98. The highest BCUT2D eigenvalue weighted by Gasteiger charge is 2.19. The standard InChI is InChI=1S/C17H14FNO7S/c18-12-6-11(17(23)24)8-14(9-12)27(25,26)19-13-3-1-2-10(7-13)15(20)4-5-16(21)22/h1-3,6-9,19H,4-5H2,(H,21,22)(H,23,24). The molecule has 27 heavy (non-hydrogen) atoms. The lowest BCUT2D eigenvalue weighted by atomic mass is 10.1. The van der Waals surface area contributed by atoms with Gasteiger partial charge in [0, 0.05) is 17.7 Å². The molecule has 0 amide bonds. The maximum Gasteiger partial charge on any atom is 0.335 e. The molecule has 142 valence electrons. The van der Waals surface area contributed by atoms with E-state index in [2.05, 4.69) is 4.72 Å². The number of carboxylic acids is 2. The van der Waals surface area contributed by atoms with Crippen molar-refractivity contribution in [3.8, 4) is 0 Å². The number of halogens is 1. The van der Waals surface area contributed by atoms with E-state index in [9.17, 15) is 27.2 Å². The maximum absolute atomic E-state index is 13.5. The number of ketones is 1. The number of carboxylic acid groups (broad SMARTS) is 2. The van der Waals surface area contributed by atoms with Gasteiger partial charge >= 0.3 is 11.9 Å². The number of Topliss-reactive ketones (excluding diaryl/α,β-unsaturated/α-hetero) is 1. The monoisotopic (exact) mass is 395 g/mol. The van der Waals surface area contributed by atoms with Crippen molar-refractivity contribution in [3.63, 3.8) is 0 Å². The van der Waals surface area contributed by atoms with Crippen molar-refractivity contribution < 1.29 is 37.4 Å². The molecule has 8 nitrogen and oxygen atoms in total. The first-order valence-electron chi connectivity index (χ1n) is 7.50. The number of aliphatic carboxylic acids is 1. The molecule has 10 heteroatoms. The molecule has 0 aromatic heterocycles. The van der Waals surface area contributed by atoms with Crippen molar-refractivity contribution in [2.45, 2.75) is 17.7 Å². The summed E-state index contributed by atoms with van der Waals surface area (Å²) in [6.45, 7) is 0. The molecule has 0 aliphatic heterocycles. The highest BCUT2D eigenvalue weighted by molar-refractivity contribution is 7.92. The molecule has 0 saturated carbocycles. The molecule has 3 N–H and O–H groups in total. The summed E-state index contributed by atoms with van der Waals surface area (Å²) in [4.78, 5) is 32.8. The third kappa shape index (κ3) is 5.35. The van der Waals surface area contributed by atoms with Crippen molar-refractivity contribution in [1.29, 1.82) is 0 Å². The van der Waals surface area contributed by atoms with Crippen LogP contribution in [0.15, 0.2) is 47.4 Å². The highest BCUT2D eigenvalue weighted by Crippen LogP contribution is 2.20. The topological polar surface area (TPSA) is 138 Å². The minimum absolute atomic E-state index is 0.0164. The summed E-state index contributed by atoms with van der Waals surface area (Å²) in [6, 6.07) is 7.48. The van der Waals surface area contributed by atoms with Crippen LogP contribution in [-0.2, 0) is 14.8 Å². The number of rotatable bonds is 8. The number of anilines is 1. The fourth-order valence-corrected chi connectivity index (χ4v) is 3.28. The van der Waals surface area contributed by atoms with Gasteiger partial charge in [-0.1, -0.05) is 12.1 Å². The second-order valence-corrected chi connectivity index (χ2v) is 7.17. The van der Waals surface area contributed by atoms with E-state index in [4.69, 9.17) is 10.2 Å². The van der Waals surface area contributed by atoms with Gasteiger partial charge in [0.25, 0.3) is 10.0 Å². The fourth-order valence-electron chi connectivity index (χ4n) is 2.18. The zero-order valence-electron chi connectivity index (χ0n) is 13.7. The zero-order valence-corrected chi connectivity index (χ0v) is 14.5. The largest absolute Gasteiger partial charge is 0.481 e. The summed E-state index contributed by atoms with van der Waals surface area (Å²) in [6.07, 6.45) is -0.618. The number of hydrogen-bond donors (Lipinski definition) is 3. The number of aromatic carboxylic acids is 1. The van der Waals surface area contributed by atoms with Crippen LogP contribution >= 0.6 is 0 Å². The normalized spacial score (nSPS) is 11.0. The number of nitrogens with one attached hydrogen (secondary N) is 1. The number of benzene rings is 2. The smallest absolute Gasteiger partial charge is 0.335 e. The quantitative estimate of drug-likeness (QED) is 0.583. The first-order chi connectivity index (χ1) is 12.6. The van der Waals surface area contributed by atoms with Crippen LogP contribution in [0.1, 0.15) is 33.6 Å². The van der Waals surface area contributed by atoms with Crippen molar-refractivity contribution in [2.24, 2.45) is 0 Å². The molecule has 0 radical (unpaired) electrons. The third-order valence-corrected chi connectivity index (χ3v) is 4.79. The number of carbonyl (C=O) groups is 3. The van der Waals surface area contributed by atoms with Gasteiger partial charge in [-0.2, -0.15) is 0 Å². The van der Waals surface area contributed by atoms with E-state index in [0.717, 1.165) is 6.07 Å². The van der Waals surface area contributed by atoms with Gasteiger partial charge < -0.3 is 10.2 Å². The number of carbonyl (C=O) groups excluding carboxylic acids is 1. The Labute approximate surface area is 153 Å². The number of hydrogen-bond acceptors (Lipinski definition) is 5. The summed E-state index contributed by atoms with van der Waals surface area (Å²) in [7, 11) is -4.32. The molecule has 0 aliphatic carbocycles. The summed E-state index contributed by atoms with van der Waals surface area (Å²) >= 11 is 0. The molecular formula is C17H14FNO7S. The lowest BCUT2D eigenvalue weighted by Crippen LogP contribution is -2.15. The summed E-state index contributed by atoms with van der Waals surface area (Å²) < 4.78 is 40.4. The molecular weight excluding hydrogens is 381 g/mol. The van der Waals surface area contributed by atoms with Gasteiger partial charge in [0.05, 0.1) is 16.9 Å². The van der Waals surface area contributed by atoms with Gasteiger partial charge in [0.15, 0.2) is 5.78 Å². The Hall–Kier alpha value is -3.27. The lowest BCUT2D eigenvalue weighted by Gasteiger charge is -2.10. The Morgan fingerprint density at radius 1 is 0.963 bits per heavy atom. The van der Waals surface area contributed by atoms with Crippen LogP contribution in [0, 0.1) is 5.82 Å². The first kappa shape index (κ1) is 20.0. The highest BCUT2D eigenvalue weighted by atomic mass is 32.2. The van der Waals surface area contributed by atoms with E-state index < -0.39 is 44.0 Å². The maximum atomic E-state index is 13.5. The molecule has 0 aliphatic rings. The van der Waals surface area contributed by atoms with Gasteiger partial charge in [-0.3, -0.25) is 14.3 Å². The van der Waals surface area contributed by atoms with E-state index in [0.29, 0.717) is 12.1 Å². The number of sulfonamides is 1. The lowest BCUT2D eigenvalue weighted by molar-refractivity contribution is -0.136. The molecule has 0 atom stereocenters. The Balaban J connectivity index is 2.28. The SMILES string of the molecule is O=C(O)CCC(=O)c1cccc(NS(=O)(=O)c2cc(F)cc(C(=O)O)c2)c1. The van der Waals surface area contributed by atoms with Crippen molar-refractivity contribution in [1.82, 2.24) is 0 Å². The minimum atomic E-state index is -4.32. The minimum Gasteiger partial charge on any atom is -0.481 e. The Bertz CT molecular complexity index is 1020. The summed E-state index contributed by atoms with van der Waals surface area (Å²) in [5.41, 5.74) is -0.452. The van der Waals surface area contributed by atoms with Crippen molar-refractivity contribution in [2.75, 3.05) is 4.72 Å². The predicted octanol–water partition coefficient (Wildman–Crippen LogP) is 2.37. The van der Waals surface area contributed by atoms with Crippen LogP contribution in [0.5, 0.6) is 0 Å². The van der Waals surface area contributed by atoms with Gasteiger partial charge in [0.1, 0.15) is 5.82 Å². The van der Waals surface area contributed by atoms with E-state index in [1.165, 1.54) is 24.3 Å². The summed E-state index contributed by atoms with van der Waals surface area (Å²) in [5.74, 6) is -4.15.